The number of anilines is 1. The van der Waals surface area contributed by atoms with Crippen LogP contribution >= 0.6 is 11.3 Å². The van der Waals surface area contributed by atoms with E-state index in [9.17, 15) is 13.5 Å². The van der Waals surface area contributed by atoms with Crippen molar-refractivity contribution in [2.75, 3.05) is 25.6 Å². The number of methoxy groups -OCH3 is 1. The second kappa shape index (κ2) is 10.3. The standard InChI is InChI=1S/C23H26N4O4S2/c1-31-22-14-17(6-11-21(22)28)15-24-26-23-25-20(16-32-23)18-7-9-19(10-8-18)33(29,30)27-12-4-2-3-5-13-27/h6-11,14-16,28H,2-5,12-13H2,1H3,(H,25,26). The van der Waals surface area contributed by atoms with Gasteiger partial charge in [0.1, 0.15) is 0 Å². The number of rotatable bonds is 7. The Balaban J connectivity index is 1.42. The molecular formula is C23H26N4O4S2. The summed E-state index contributed by atoms with van der Waals surface area (Å²) in [5.41, 5.74) is 5.22. The van der Waals surface area contributed by atoms with E-state index in [1.165, 1.54) is 18.4 Å². The van der Waals surface area contributed by atoms with Crippen molar-refractivity contribution in [3.8, 4) is 22.8 Å². The molecule has 10 heteroatoms. The Labute approximate surface area is 197 Å². The number of phenolic OH excluding ortho intramolecular Hbond substituents is 1. The highest BCUT2D eigenvalue weighted by Crippen LogP contribution is 2.28. The maximum Gasteiger partial charge on any atom is 0.243 e. The zero-order valence-corrected chi connectivity index (χ0v) is 19.9. The number of aromatic hydroxyl groups is 1. The van der Waals surface area contributed by atoms with Crippen LogP contribution in [0.25, 0.3) is 11.3 Å². The highest BCUT2D eigenvalue weighted by atomic mass is 32.2. The minimum atomic E-state index is -3.47. The molecule has 8 nitrogen and oxygen atoms in total. The third-order valence-corrected chi connectivity index (χ3v) is 8.09. The lowest BCUT2D eigenvalue weighted by atomic mass is 10.2. The molecule has 33 heavy (non-hydrogen) atoms. The van der Waals surface area contributed by atoms with Crippen LogP contribution in [0.3, 0.4) is 0 Å². The summed E-state index contributed by atoms with van der Waals surface area (Å²) >= 11 is 1.40. The summed E-state index contributed by atoms with van der Waals surface area (Å²) in [6, 6.07) is 11.8. The fourth-order valence-electron chi connectivity index (χ4n) is 3.62. The van der Waals surface area contributed by atoms with Crippen LogP contribution in [0.4, 0.5) is 5.13 Å². The molecule has 1 aliphatic rings. The molecule has 2 N–H and O–H groups in total. The second-order valence-electron chi connectivity index (χ2n) is 7.68. The number of aromatic nitrogens is 1. The molecule has 1 fully saturated rings. The Kier molecular flexibility index (Phi) is 7.26. The second-order valence-corrected chi connectivity index (χ2v) is 10.5. The predicted octanol–water partition coefficient (Wildman–Crippen LogP) is 4.54. The van der Waals surface area contributed by atoms with Crippen LogP contribution in [0.5, 0.6) is 11.5 Å². The quantitative estimate of drug-likeness (QED) is 0.375. The van der Waals surface area contributed by atoms with E-state index >= 15 is 0 Å². The number of ether oxygens (including phenoxy) is 1. The van der Waals surface area contributed by atoms with Gasteiger partial charge in [0.15, 0.2) is 11.5 Å². The number of phenols is 1. The maximum atomic E-state index is 13.0. The molecule has 0 amide bonds. The number of hydrazone groups is 1. The number of sulfonamides is 1. The van der Waals surface area contributed by atoms with Crippen molar-refractivity contribution in [2.45, 2.75) is 30.6 Å². The van der Waals surface area contributed by atoms with Gasteiger partial charge in [0.25, 0.3) is 0 Å². The lowest BCUT2D eigenvalue weighted by Gasteiger charge is -2.19. The van der Waals surface area contributed by atoms with Crippen molar-refractivity contribution in [3.05, 3.63) is 53.4 Å². The van der Waals surface area contributed by atoms with E-state index in [1.54, 1.807) is 53.0 Å². The number of benzene rings is 2. The molecule has 1 saturated heterocycles. The molecule has 0 saturated carbocycles. The topological polar surface area (TPSA) is 104 Å². The Morgan fingerprint density at radius 1 is 1.12 bits per heavy atom. The van der Waals surface area contributed by atoms with Crippen LogP contribution < -0.4 is 10.2 Å². The highest BCUT2D eigenvalue weighted by molar-refractivity contribution is 7.89. The van der Waals surface area contributed by atoms with Gasteiger partial charge < -0.3 is 9.84 Å². The molecular weight excluding hydrogens is 460 g/mol. The summed E-state index contributed by atoms with van der Waals surface area (Å²) in [6.07, 6.45) is 5.59. The molecule has 0 bridgehead atoms. The van der Waals surface area contributed by atoms with Crippen LogP contribution in [0.1, 0.15) is 31.2 Å². The zero-order valence-electron chi connectivity index (χ0n) is 18.3. The van der Waals surface area contributed by atoms with E-state index in [-0.39, 0.29) is 5.75 Å². The van der Waals surface area contributed by atoms with Gasteiger partial charge in [-0.3, -0.25) is 5.43 Å². The van der Waals surface area contributed by atoms with Gasteiger partial charge in [0.05, 0.1) is 23.9 Å². The average Bonchev–Trinajstić information content (AvgIpc) is 3.11. The molecule has 0 radical (unpaired) electrons. The molecule has 2 heterocycles. The third-order valence-electron chi connectivity index (χ3n) is 5.43. The molecule has 0 unspecified atom stereocenters. The molecule has 4 rings (SSSR count). The molecule has 1 aliphatic heterocycles. The largest absolute Gasteiger partial charge is 0.504 e. The number of hydrogen-bond donors (Lipinski definition) is 2. The SMILES string of the molecule is COc1cc(C=NNc2nc(-c3ccc(S(=O)(=O)N4CCCCCC4)cc3)cs2)ccc1O. The highest BCUT2D eigenvalue weighted by Gasteiger charge is 2.25. The summed E-state index contributed by atoms with van der Waals surface area (Å²) in [7, 11) is -1.98. The van der Waals surface area contributed by atoms with Gasteiger partial charge >= 0.3 is 0 Å². The fourth-order valence-corrected chi connectivity index (χ4v) is 5.81. The van der Waals surface area contributed by atoms with Gasteiger partial charge in [0.2, 0.25) is 15.2 Å². The first-order chi connectivity index (χ1) is 16.0. The van der Waals surface area contributed by atoms with E-state index in [2.05, 4.69) is 15.5 Å². The van der Waals surface area contributed by atoms with Crippen LogP contribution in [-0.4, -0.2) is 49.2 Å². The van der Waals surface area contributed by atoms with Crippen molar-refractivity contribution in [3.63, 3.8) is 0 Å². The molecule has 1 aromatic heterocycles. The van der Waals surface area contributed by atoms with Gasteiger partial charge in [-0.15, -0.1) is 11.3 Å². The number of hydrogen-bond acceptors (Lipinski definition) is 8. The number of thiazole rings is 1. The van der Waals surface area contributed by atoms with Crippen LogP contribution in [0, 0.1) is 0 Å². The summed E-state index contributed by atoms with van der Waals surface area (Å²) < 4.78 is 32.6. The van der Waals surface area contributed by atoms with Crippen molar-refractivity contribution in [1.82, 2.24) is 9.29 Å². The predicted molar refractivity (Wildman–Crippen MR) is 131 cm³/mol. The first kappa shape index (κ1) is 23.2. The Bertz CT molecular complexity index is 1220. The lowest BCUT2D eigenvalue weighted by molar-refractivity contribution is 0.373. The Morgan fingerprint density at radius 2 is 1.85 bits per heavy atom. The monoisotopic (exact) mass is 486 g/mol. The van der Waals surface area contributed by atoms with Crippen molar-refractivity contribution in [2.24, 2.45) is 5.10 Å². The minimum Gasteiger partial charge on any atom is -0.504 e. The van der Waals surface area contributed by atoms with Crippen molar-refractivity contribution in [1.29, 1.82) is 0 Å². The Hall–Kier alpha value is -2.95. The van der Waals surface area contributed by atoms with Gasteiger partial charge in [0, 0.05) is 24.0 Å². The molecule has 174 valence electrons. The Morgan fingerprint density at radius 3 is 2.55 bits per heavy atom. The first-order valence-electron chi connectivity index (χ1n) is 10.7. The van der Waals surface area contributed by atoms with Gasteiger partial charge in [-0.2, -0.15) is 9.41 Å². The molecule has 0 spiro atoms. The van der Waals surface area contributed by atoms with Gasteiger partial charge in [-0.25, -0.2) is 13.4 Å². The van der Waals surface area contributed by atoms with Crippen molar-refractivity contribution >= 4 is 32.7 Å². The number of nitrogens with one attached hydrogen (secondary N) is 1. The van der Waals surface area contributed by atoms with Crippen LogP contribution in [0.15, 0.2) is 57.8 Å². The first-order valence-corrected chi connectivity index (χ1v) is 13.0. The summed E-state index contributed by atoms with van der Waals surface area (Å²) in [5, 5.41) is 16.3. The fraction of sp³-hybridized carbons (Fsp3) is 0.304. The smallest absolute Gasteiger partial charge is 0.243 e. The van der Waals surface area contributed by atoms with E-state index in [4.69, 9.17) is 4.74 Å². The van der Waals surface area contributed by atoms with Crippen LogP contribution in [0.2, 0.25) is 0 Å². The lowest BCUT2D eigenvalue weighted by Crippen LogP contribution is -2.31. The van der Waals surface area contributed by atoms with E-state index in [0.29, 0.717) is 28.9 Å². The minimum absolute atomic E-state index is 0.0671. The van der Waals surface area contributed by atoms with E-state index < -0.39 is 10.0 Å². The van der Waals surface area contributed by atoms with E-state index in [1.807, 2.05) is 5.38 Å². The summed E-state index contributed by atoms with van der Waals surface area (Å²) in [4.78, 5) is 4.84. The number of nitrogens with zero attached hydrogens (tertiary/aromatic N) is 3. The molecule has 0 aliphatic carbocycles. The van der Waals surface area contributed by atoms with Crippen molar-refractivity contribution < 1.29 is 18.3 Å². The third kappa shape index (κ3) is 5.52. The normalized spacial score (nSPS) is 15.4. The molecule has 2 aromatic carbocycles. The molecule has 3 aromatic rings. The summed E-state index contributed by atoms with van der Waals surface area (Å²) in [5.74, 6) is 0.439. The van der Waals surface area contributed by atoms with Gasteiger partial charge in [-0.05, 0) is 48.7 Å². The molecule has 0 atom stereocenters. The summed E-state index contributed by atoms with van der Waals surface area (Å²) in [6.45, 7) is 1.17. The van der Waals surface area contributed by atoms with E-state index in [0.717, 1.165) is 42.5 Å². The van der Waals surface area contributed by atoms with Crippen LogP contribution in [-0.2, 0) is 10.0 Å². The van der Waals surface area contributed by atoms with Gasteiger partial charge in [-0.1, -0.05) is 25.0 Å². The maximum absolute atomic E-state index is 13.0. The zero-order chi connectivity index (χ0) is 23.3. The average molecular weight is 487 g/mol.